The van der Waals surface area contributed by atoms with Gasteiger partial charge in [-0.1, -0.05) is 15.9 Å². The second-order valence-electron chi connectivity index (χ2n) is 2.63. The monoisotopic (exact) mass is 206 g/mol. The summed E-state index contributed by atoms with van der Waals surface area (Å²) in [5.74, 6) is 0.0938. The second-order valence-corrected chi connectivity index (χ2v) is 3.93. The number of halogens is 1. The Morgan fingerprint density at radius 3 is 2.70 bits per heavy atom. The van der Waals surface area contributed by atoms with Crippen molar-refractivity contribution < 1.29 is 9.53 Å². The first-order valence-corrected chi connectivity index (χ1v) is 4.37. The highest BCUT2D eigenvalue weighted by atomic mass is 79.9. The van der Waals surface area contributed by atoms with Crippen LogP contribution in [0.1, 0.15) is 19.3 Å². The third-order valence-electron chi connectivity index (χ3n) is 1.90. The molecule has 2 atom stereocenters. The van der Waals surface area contributed by atoms with Crippen LogP contribution in [0.2, 0.25) is 0 Å². The summed E-state index contributed by atoms with van der Waals surface area (Å²) >= 11 is 3.47. The van der Waals surface area contributed by atoms with Gasteiger partial charge in [-0.15, -0.1) is 0 Å². The second kappa shape index (κ2) is 3.37. The Morgan fingerprint density at radius 1 is 1.60 bits per heavy atom. The standard InChI is InChI=1S/C7H11BrO2/c1-10-7(9)5-2-3-6(8)4-5/h5-6H,2-4H2,1H3/t5-,6-/m0/s1. The van der Waals surface area contributed by atoms with Crippen LogP contribution in [0, 0.1) is 5.92 Å². The summed E-state index contributed by atoms with van der Waals surface area (Å²) in [6.45, 7) is 0. The minimum atomic E-state index is -0.0537. The fourth-order valence-corrected chi connectivity index (χ4v) is 2.02. The van der Waals surface area contributed by atoms with E-state index in [-0.39, 0.29) is 11.9 Å². The van der Waals surface area contributed by atoms with Crippen LogP contribution in [-0.2, 0) is 9.53 Å². The van der Waals surface area contributed by atoms with Gasteiger partial charge in [0.25, 0.3) is 0 Å². The third kappa shape index (κ3) is 1.72. The topological polar surface area (TPSA) is 26.3 Å². The minimum Gasteiger partial charge on any atom is -0.469 e. The molecular weight excluding hydrogens is 196 g/mol. The van der Waals surface area contributed by atoms with Crippen molar-refractivity contribution in [3.05, 3.63) is 0 Å². The van der Waals surface area contributed by atoms with Crippen LogP contribution in [0.5, 0.6) is 0 Å². The zero-order valence-corrected chi connectivity index (χ0v) is 7.56. The molecular formula is C7H11BrO2. The fraction of sp³-hybridized carbons (Fsp3) is 0.857. The molecule has 1 aliphatic rings. The first-order chi connectivity index (χ1) is 4.74. The molecule has 1 saturated carbocycles. The quantitative estimate of drug-likeness (QED) is 0.483. The van der Waals surface area contributed by atoms with Crippen molar-refractivity contribution in [3.63, 3.8) is 0 Å². The first kappa shape index (κ1) is 8.05. The Kier molecular flexibility index (Phi) is 2.72. The molecule has 58 valence electrons. The van der Waals surface area contributed by atoms with Gasteiger partial charge in [-0.2, -0.15) is 0 Å². The molecule has 0 aliphatic heterocycles. The van der Waals surface area contributed by atoms with Crippen molar-refractivity contribution in [1.82, 2.24) is 0 Å². The highest BCUT2D eigenvalue weighted by Gasteiger charge is 2.28. The lowest BCUT2D eigenvalue weighted by molar-refractivity contribution is -0.145. The molecule has 0 amide bonds. The molecule has 0 aromatic carbocycles. The van der Waals surface area contributed by atoms with Gasteiger partial charge in [0.15, 0.2) is 0 Å². The molecule has 0 bridgehead atoms. The van der Waals surface area contributed by atoms with Gasteiger partial charge in [-0.05, 0) is 19.3 Å². The smallest absolute Gasteiger partial charge is 0.308 e. The Hall–Kier alpha value is -0.0500. The highest BCUT2D eigenvalue weighted by Crippen LogP contribution is 2.31. The molecule has 1 aliphatic carbocycles. The van der Waals surface area contributed by atoms with Crippen molar-refractivity contribution >= 4 is 21.9 Å². The molecule has 1 fully saturated rings. The predicted octanol–water partition coefficient (Wildman–Crippen LogP) is 1.72. The van der Waals surface area contributed by atoms with E-state index in [1.54, 1.807) is 0 Å². The van der Waals surface area contributed by atoms with E-state index in [2.05, 4.69) is 20.7 Å². The lowest BCUT2D eigenvalue weighted by Gasteiger charge is -2.04. The Balaban J connectivity index is 2.37. The van der Waals surface area contributed by atoms with E-state index in [1.165, 1.54) is 7.11 Å². The summed E-state index contributed by atoms with van der Waals surface area (Å²) in [6.07, 6.45) is 3.01. The van der Waals surface area contributed by atoms with Crippen molar-refractivity contribution in [1.29, 1.82) is 0 Å². The molecule has 0 unspecified atom stereocenters. The van der Waals surface area contributed by atoms with Crippen LogP contribution in [0.15, 0.2) is 0 Å². The minimum absolute atomic E-state index is 0.0537. The average Bonchev–Trinajstić information content (AvgIpc) is 2.34. The van der Waals surface area contributed by atoms with Gasteiger partial charge >= 0.3 is 5.97 Å². The zero-order chi connectivity index (χ0) is 7.56. The van der Waals surface area contributed by atoms with E-state index in [0.717, 1.165) is 19.3 Å². The molecule has 2 nitrogen and oxygen atoms in total. The van der Waals surface area contributed by atoms with Crippen LogP contribution >= 0.6 is 15.9 Å². The lowest BCUT2D eigenvalue weighted by atomic mass is 10.1. The Morgan fingerprint density at radius 2 is 2.30 bits per heavy atom. The number of carbonyl (C=O) groups excluding carboxylic acids is 1. The van der Waals surface area contributed by atoms with Gasteiger partial charge in [0.05, 0.1) is 13.0 Å². The fourth-order valence-electron chi connectivity index (χ4n) is 1.31. The lowest BCUT2D eigenvalue weighted by Crippen LogP contribution is -2.12. The maximum Gasteiger partial charge on any atom is 0.308 e. The summed E-state index contributed by atoms with van der Waals surface area (Å²) < 4.78 is 4.62. The molecule has 0 heterocycles. The largest absolute Gasteiger partial charge is 0.469 e. The number of ether oxygens (including phenoxy) is 1. The summed E-state index contributed by atoms with van der Waals surface area (Å²) in [5.41, 5.74) is 0. The van der Waals surface area contributed by atoms with E-state index in [1.807, 2.05) is 0 Å². The Labute approximate surface area is 69.1 Å². The van der Waals surface area contributed by atoms with Crippen LogP contribution in [0.4, 0.5) is 0 Å². The van der Waals surface area contributed by atoms with Gasteiger partial charge in [0.1, 0.15) is 0 Å². The van der Waals surface area contributed by atoms with Gasteiger partial charge in [-0.3, -0.25) is 4.79 Å². The maximum absolute atomic E-state index is 10.9. The van der Waals surface area contributed by atoms with Crippen LogP contribution in [0.3, 0.4) is 0 Å². The van der Waals surface area contributed by atoms with Crippen molar-refractivity contribution in [2.45, 2.75) is 24.1 Å². The SMILES string of the molecule is COC(=O)[C@H]1CC[C@H](Br)C1. The van der Waals surface area contributed by atoms with Crippen LogP contribution in [-0.4, -0.2) is 17.9 Å². The summed E-state index contributed by atoms with van der Waals surface area (Å²) in [5, 5.41) is 0. The maximum atomic E-state index is 10.9. The first-order valence-electron chi connectivity index (χ1n) is 3.46. The summed E-state index contributed by atoms with van der Waals surface area (Å²) in [7, 11) is 1.45. The van der Waals surface area contributed by atoms with Crippen molar-refractivity contribution in [2.24, 2.45) is 5.92 Å². The number of esters is 1. The molecule has 0 aromatic rings. The third-order valence-corrected chi connectivity index (χ3v) is 2.73. The van der Waals surface area contributed by atoms with Gasteiger partial charge in [-0.25, -0.2) is 0 Å². The van der Waals surface area contributed by atoms with Gasteiger partial charge in [0.2, 0.25) is 0 Å². The molecule has 0 N–H and O–H groups in total. The van der Waals surface area contributed by atoms with Crippen molar-refractivity contribution in [2.75, 3.05) is 7.11 Å². The predicted molar refractivity (Wildman–Crippen MR) is 42.1 cm³/mol. The van der Waals surface area contributed by atoms with E-state index >= 15 is 0 Å². The number of alkyl halides is 1. The normalized spacial score (nSPS) is 32.2. The van der Waals surface area contributed by atoms with E-state index < -0.39 is 0 Å². The highest BCUT2D eigenvalue weighted by molar-refractivity contribution is 9.09. The van der Waals surface area contributed by atoms with E-state index in [4.69, 9.17) is 0 Å². The van der Waals surface area contributed by atoms with Crippen LogP contribution in [0.25, 0.3) is 0 Å². The molecule has 0 spiro atoms. The van der Waals surface area contributed by atoms with Crippen molar-refractivity contribution in [3.8, 4) is 0 Å². The number of rotatable bonds is 1. The molecule has 10 heavy (non-hydrogen) atoms. The molecule has 0 aromatic heterocycles. The molecule has 0 saturated heterocycles. The van der Waals surface area contributed by atoms with Crippen LogP contribution < -0.4 is 0 Å². The average molecular weight is 207 g/mol. The number of hydrogen-bond acceptors (Lipinski definition) is 2. The number of carbonyl (C=O) groups is 1. The molecule has 0 radical (unpaired) electrons. The molecule has 3 heteroatoms. The Bertz CT molecular complexity index is 136. The summed E-state index contributed by atoms with van der Waals surface area (Å²) in [6, 6.07) is 0. The van der Waals surface area contributed by atoms with E-state index in [9.17, 15) is 4.79 Å². The summed E-state index contributed by atoms with van der Waals surface area (Å²) in [4.78, 5) is 11.4. The van der Waals surface area contributed by atoms with Gasteiger partial charge < -0.3 is 4.74 Å². The number of methoxy groups -OCH3 is 1. The van der Waals surface area contributed by atoms with Gasteiger partial charge in [0, 0.05) is 4.83 Å². The molecule has 1 rings (SSSR count). The zero-order valence-electron chi connectivity index (χ0n) is 5.97. The number of hydrogen-bond donors (Lipinski definition) is 0. The van der Waals surface area contributed by atoms with E-state index in [0.29, 0.717) is 4.83 Å².